The van der Waals surface area contributed by atoms with Gasteiger partial charge in [0, 0.05) is 49.9 Å². The summed E-state index contributed by atoms with van der Waals surface area (Å²) in [6.45, 7) is 2.22. The molecule has 0 spiro atoms. The molecule has 2 aromatic carbocycles. The highest BCUT2D eigenvalue weighted by Gasteiger charge is 2.29. The van der Waals surface area contributed by atoms with Crippen molar-refractivity contribution in [2.75, 3.05) is 49.5 Å². The molecule has 1 saturated heterocycles. The van der Waals surface area contributed by atoms with Gasteiger partial charge in [-0.3, -0.25) is 9.69 Å². The zero-order valence-electron chi connectivity index (χ0n) is 22.3. The second-order valence-corrected chi connectivity index (χ2v) is 10.7. The van der Waals surface area contributed by atoms with Gasteiger partial charge in [0.25, 0.3) is 5.91 Å². The van der Waals surface area contributed by atoms with Crippen LogP contribution in [0.1, 0.15) is 29.3 Å². The molecule has 1 aliphatic rings. The van der Waals surface area contributed by atoms with Crippen LogP contribution in [-0.2, 0) is 11.1 Å². The Labute approximate surface area is 244 Å². The van der Waals surface area contributed by atoms with E-state index in [1.54, 1.807) is 11.0 Å². The van der Waals surface area contributed by atoms with Crippen LogP contribution in [0.25, 0.3) is 0 Å². The molecule has 1 heterocycles. The molecular formula is C25H30ClF5N5O5P. The molecule has 3 rings (SSSR count). The van der Waals surface area contributed by atoms with Gasteiger partial charge in [-0.15, -0.1) is 0 Å². The summed E-state index contributed by atoms with van der Waals surface area (Å²) in [5.41, 5.74) is -0.0848. The van der Waals surface area contributed by atoms with Crippen LogP contribution in [0.4, 0.5) is 38.1 Å². The van der Waals surface area contributed by atoms with Crippen LogP contribution < -0.4 is 20.9 Å². The molecule has 0 aromatic heterocycles. The van der Waals surface area contributed by atoms with Crippen LogP contribution in [0.3, 0.4) is 0 Å². The predicted octanol–water partition coefficient (Wildman–Crippen LogP) is 4.36. The summed E-state index contributed by atoms with van der Waals surface area (Å²) in [6.07, 6.45) is -5.16. The number of halogens is 6. The second-order valence-electron chi connectivity index (χ2n) is 9.49. The van der Waals surface area contributed by atoms with Crippen molar-refractivity contribution in [3.63, 3.8) is 0 Å². The average Bonchev–Trinajstić information content (AvgIpc) is 2.92. The minimum atomic E-state index is -4.25. The Morgan fingerprint density at radius 1 is 1.10 bits per heavy atom. The summed E-state index contributed by atoms with van der Waals surface area (Å²) in [5, 5.41) is 7.65. The Balaban J connectivity index is 1.63. The summed E-state index contributed by atoms with van der Waals surface area (Å²) in [5.74, 6) is -3.71. The molecule has 0 radical (unpaired) electrons. The van der Waals surface area contributed by atoms with Gasteiger partial charge >= 0.3 is 20.8 Å². The third-order valence-electron chi connectivity index (χ3n) is 6.30. The van der Waals surface area contributed by atoms with E-state index in [9.17, 15) is 31.5 Å². The second kappa shape index (κ2) is 15.1. The lowest BCUT2D eigenvalue weighted by molar-refractivity contribution is -0.138. The lowest BCUT2D eigenvalue weighted by Crippen LogP contribution is -2.47. The van der Waals surface area contributed by atoms with Gasteiger partial charge in [-0.25, -0.2) is 13.6 Å². The number of alkyl halides is 3. The highest BCUT2D eigenvalue weighted by Crippen LogP contribution is 2.31. The summed E-state index contributed by atoms with van der Waals surface area (Å²) >= 11 is 6.15. The van der Waals surface area contributed by atoms with Gasteiger partial charge in [-0.2, -0.15) is 13.2 Å². The largest absolute Gasteiger partial charge is 0.390 e. The first kappa shape index (κ1) is 33.7. The Hall–Kier alpha value is -2.81. The molecule has 0 aliphatic carbocycles. The summed E-state index contributed by atoms with van der Waals surface area (Å²) in [7, 11) is -2.59. The van der Waals surface area contributed by atoms with E-state index in [4.69, 9.17) is 21.4 Å². The van der Waals surface area contributed by atoms with Crippen molar-refractivity contribution >= 4 is 43.5 Å². The maximum atomic E-state index is 14.9. The van der Waals surface area contributed by atoms with E-state index in [1.807, 2.05) is 4.90 Å². The Bertz CT molecular complexity index is 1250. The SMILES string of the molecule is C[C@@H](COP(O)O)NC(=O)NCc1ccc(C(=O)Nc2ccc(Cl)cc2N2CCN(CCC(F)(F)F)CC2)c(F)c1F. The topological polar surface area (TPSA) is 126 Å². The smallest absolute Gasteiger partial charge is 0.367 e. The summed E-state index contributed by atoms with van der Waals surface area (Å²) in [4.78, 5) is 45.9. The molecule has 0 bridgehead atoms. The number of hydrogen-bond acceptors (Lipinski definition) is 7. The van der Waals surface area contributed by atoms with Gasteiger partial charge in [-0.05, 0) is 31.2 Å². The molecule has 1 aliphatic heterocycles. The van der Waals surface area contributed by atoms with E-state index < -0.39 is 62.9 Å². The third-order valence-corrected chi connectivity index (χ3v) is 6.91. The number of benzene rings is 2. The molecule has 3 amide bonds. The lowest BCUT2D eigenvalue weighted by Gasteiger charge is -2.37. The van der Waals surface area contributed by atoms with Gasteiger partial charge < -0.3 is 35.2 Å². The van der Waals surface area contributed by atoms with E-state index >= 15 is 0 Å². The number of carbonyl (C=O) groups is 2. The quantitative estimate of drug-likeness (QED) is 0.182. The van der Waals surface area contributed by atoms with Crippen LogP contribution in [0.2, 0.25) is 5.02 Å². The van der Waals surface area contributed by atoms with Gasteiger partial charge in [0.2, 0.25) is 0 Å². The van der Waals surface area contributed by atoms with Crippen LogP contribution in [0.5, 0.6) is 0 Å². The van der Waals surface area contributed by atoms with E-state index in [2.05, 4.69) is 20.5 Å². The minimum Gasteiger partial charge on any atom is -0.367 e. The number of piperazine rings is 1. The van der Waals surface area contributed by atoms with Gasteiger partial charge in [0.05, 0.1) is 36.0 Å². The fraction of sp³-hybridized carbons (Fsp3) is 0.440. The molecule has 232 valence electrons. The molecule has 42 heavy (non-hydrogen) atoms. The van der Waals surface area contributed by atoms with Gasteiger partial charge in [0.15, 0.2) is 11.6 Å². The normalized spacial score (nSPS) is 15.0. The number of hydrogen-bond donors (Lipinski definition) is 5. The number of amides is 3. The van der Waals surface area contributed by atoms with Crippen molar-refractivity contribution in [3.05, 3.63) is 58.1 Å². The molecule has 17 heteroatoms. The van der Waals surface area contributed by atoms with Crippen molar-refractivity contribution in [2.45, 2.75) is 32.1 Å². The Morgan fingerprint density at radius 2 is 1.79 bits per heavy atom. The van der Waals surface area contributed by atoms with Crippen molar-refractivity contribution < 1.29 is 45.9 Å². The predicted molar refractivity (Wildman–Crippen MR) is 147 cm³/mol. The lowest BCUT2D eigenvalue weighted by atomic mass is 10.1. The van der Waals surface area contributed by atoms with Crippen LogP contribution in [0, 0.1) is 11.6 Å². The highest BCUT2D eigenvalue weighted by atomic mass is 35.5. The minimum absolute atomic E-state index is 0.123. The molecule has 1 atom stereocenters. The van der Waals surface area contributed by atoms with Crippen molar-refractivity contribution in [2.24, 2.45) is 0 Å². The van der Waals surface area contributed by atoms with Gasteiger partial charge in [0.1, 0.15) is 0 Å². The number of nitrogens with one attached hydrogen (secondary N) is 3. The third kappa shape index (κ3) is 10.2. The van der Waals surface area contributed by atoms with E-state index in [-0.39, 0.29) is 24.4 Å². The fourth-order valence-electron chi connectivity index (χ4n) is 4.13. The zero-order valence-corrected chi connectivity index (χ0v) is 24.0. The first-order valence-corrected chi connectivity index (χ1v) is 14.2. The molecule has 10 nitrogen and oxygen atoms in total. The average molecular weight is 642 g/mol. The van der Waals surface area contributed by atoms with Crippen LogP contribution in [0.15, 0.2) is 30.3 Å². The van der Waals surface area contributed by atoms with Crippen molar-refractivity contribution in [1.82, 2.24) is 15.5 Å². The maximum Gasteiger partial charge on any atom is 0.390 e. The van der Waals surface area contributed by atoms with Gasteiger partial charge in [-0.1, -0.05) is 17.7 Å². The van der Waals surface area contributed by atoms with Crippen molar-refractivity contribution in [3.8, 4) is 0 Å². The molecular weight excluding hydrogens is 612 g/mol. The number of nitrogens with zero attached hydrogens (tertiary/aromatic N) is 2. The molecule has 5 N–H and O–H groups in total. The highest BCUT2D eigenvalue weighted by molar-refractivity contribution is 7.39. The number of rotatable bonds is 11. The maximum absolute atomic E-state index is 14.9. The molecule has 0 unspecified atom stereocenters. The molecule has 1 fully saturated rings. The fourth-order valence-corrected chi connectivity index (χ4v) is 4.65. The van der Waals surface area contributed by atoms with E-state index in [1.165, 1.54) is 19.1 Å². The Morgan fingerprint density at radius 3 is 2.43 bits per heavy atom. The molecule has 2 aromatic rings. The Kier molecular flexibility index (Phi) is 12.1. The van der Waals surface area contributed by atoms with E-state index in [0.29, 0.717) is 36.9 Å². The number of anilines is 2. The van der Waals surface area contributed by atoms with Crippen LogP contribution in [-0.4, -0.2) is 78.2 Å². The first-order chi connectivity index (χ1) is 19.7. The van der Waals surface area contributed by atoms with Crippen LogP contribution >= 0.6 is 20.2 Å². The zero-order chi connectivity index (χ0) is 31.0. The standard InChI is InChI=1S/C25H30ClF5N5O5P/c1-15(14-41-42(39)40)33-24(38)32-13-16-2-4-18(22(28)21(16)27)23(37)34-19-5-3-17(26)12-20(19)36-10-8-35(9-11-36)7-6-25(29,30)31/h2-5,12,15,39-40H,6-11,13-14H2,1H3,(H,34,37)(H2,32,33,38)/t15-/m0/s1. The number of carbonyl (C=O) groups excluding carboxylic acids is 2. The summed E-state index contributed by atoms with van der Waals surface area (Å²) < 4.78 is 72.0. The monoisotopic (exact) mass is 641 g/mol. The first-order valence-electron chi connectivity index (χ1n) is 12.7. The number of urea groups is 1. The van der Waals surface area contributed by atoms with Crippen molar-refractivity contribution in [1.29, 1.82) is 0 Å². The molecule has 0 saturated carbocycles. The summed E-state index contributed by atoms with van der Waals surface area (Å²) in [6, 6.07) is 5.41. The van der Waals surface area contributed by atoms with E-state index in [0.717, 1.165) is 12.1 Å².